The zero-order valence-corrected chi connectivity index (χ0v) is 35.9. The van der Waals surface area contributed by atoms with E-state index >= 15 is 0 Å². The molecule has 57 heavy (non-hydrogen) atoms. The van der Waals surface area contributed by atoms with Gasteiger partial charge in [-0.2, -0.15) is 0 Å². The van der Waals surface area contributed by atoms with Crippen LogP contribution >= 0.6 is 0 Å². The molecule has 308 valence electrons. The molecule has 1 heterocycles. The summed E-state index contributed by atoms with van der Waals surface area (Å²) in [6.45, 7) is 20.4. The Morgan fingerprint density at radius 1 is 0.561 bits per heavy atom. The number of benzene rings is 4. The van der Waals surface area contributed by atoms with Gasteiger partial charge in [0.2, 0.25) is 0 Å². The van der Waals surface area contributed by atoms with Crippen LogP contribution in [0.5, 0.6) is 11.5 Å². The first-order valence-electron chi connectivity index (χ1n) is 21.6. The van der Waals surface area contributed by atoms with Gasteiger partial charge in [0.15, 0.2) is 0 Å². The number of hydrogen-bond donors (Lipinski definition) is 1. The van der Waals surface area contributed by atoms with Gasteiger partial charge in [-0.25, -0.2) is 0 Å². The molecular formula is C51H68O6. The number of aliphatic hydroxyl groups excluding tert-OH is 1. The van der Waals surface area contributed by atoms with Crippen molar-refractivity contribution in [3.05, 3.63) is 130 Å². The van der Waals surface area contributed by atoms with Crippen molar-refractivity contribution < 1.29 is 28.8 Å². The SMILES string of the molecule is CCCC(CC)(OCC1CO1)c1ccc(C(C)(C)c2ccc(OCC(O)COC(CC)(CC)c3ccc(C(C)(C)c4ccc(OCC5CC5)cc4)cc3)cc2)cc1. The third-order valence-corrected chi connectivity index (χ3v) is 12.9. The molecule has 1 saturated heterocycles. The molecule has 6 heteroatoms. The third kappa shape index (κ3) is 10.3. The molecule has 6 rings (SSSR count). The van der Waals surface area contributed by atoms with E-state index in [0.717, 1.165) is 68.3 Å². The summed E-state index contributed by atoms with van der Waals surface area (Å²) < 4.78 is 30.6. The Labute approximate surface area is 343 Å². The van der Waals surface area contributed by atoms with Crippen LogP contribution in [-0.2, 0) is 36.2 Å². The predicted molar refractivity (Wildman–Crippen MR) is 231 cm³/mol. The normalized spacial score (nSPS) is 17.5. The number of aliphatic hydroxyl groups is 1. The molecule has 0 bridgehead atoms. The summed E-state index contributed by atoms with van der Waals surface area (Å²) in [5.41, 5.74) is 6.13. The van der Waals surface area contributed by atoms with E-state index < -0.39 is 11.7 Å². The lowest BCUT2D eigenvalue weighted by atomic mass is 9.77. The highest BCUT2D eigenvalue weighted by Gasteiger charge is 2.35. The third-order valence-electron chi connectivity index (χ3n) is 12.9. The van der Waals surface area contributed by atoms with Gasteiger partial charge in [-0.3, -0.25) is 0 Å². The van der Waals surface area contributed by atoms with Gasteiger partial charge in [0.05, 0.1) is 37.6 Å². The molecular weight excluding hydrogens is 709 g/mol. The summed E-state index contributed by atoms with van der Waals surface area (Å²) in [5, 5.41) is 11.0. The van der Waals surface area contributed by atoms with Gasteiger partial charge in [-0.15, -0.1) is 0 Å². The molecule has 1 N–H and O–H groups in total. The molecule has 1 aliphatic heterocycles. The lowest BCUT2D eigenvalue weighted by Gasteiger charge is -2.34. The minimum atomic E-state index is -0.768. The molecule has 6 nitrogen and oxygen atoms in total. The maximum Gasteiger partial charge on any atom is 0.119 e. The largest absolute Gasteiger partial charge is 0.493 e. The van der Waals surface area contributed by atoms with Gasteiger partial charge < -0.3 is 28.8 Å². The van der Waals surface area contributed by atoms with E-state index in [1.807, 2.05) is 12.1 Å². The van der Waals surface area contributed by atoms with E-state index in [1.165, 1.54) is 40.7 Å². The van der Waals surface area contributed by atoms with Crippen LogP contribution in [0, 0.1) is 5.92 Å². The Balaban J connectivity index is 1.02. The van der Waals surface area contributed by atoms with E-state index in [0.29, 0.717) is 6.61 Å². The molecule has 1 aliphatic carbocycles. The van der Waals surface area contributed by atoms with Crippen molar-refractivity contribution in [2.75, 3.05) is 33.0 Å². The highest BCUT2D eigenvalue weighted by Crippen LogP contribution is 2.40. The van der Waals surface area contributed by atoms with Gasteiger partial charge in [0, 0.05) is 10.8 Å². The quantitative estimate of drug-likeness (QED) is 0.0757. The van der Waals surface area contributed by atoms with E-state index in [1.54, 1.807) is 0 Å². The van der Waals surface area contributed by atoms with Gasteiger partial charge in [0.25, 0.3) is 0 Å². The second-order valence-electron chi connectivity index (χ2n) is 17.5. The van der Waals surface area contributed by atoms with Crippen LogP contribution in [0.3, 0.4) is 0 Å². The van der Waals surface area contributed by atoms with Crippen LogP contribution < -0.4 is 9.47 Å². The summed E-state index contributed by atoms with van der Waals surface area (Å²) in [4.78, 5) is 0. The van der Waals surface area contributed by atoms with Crippen molar-refractivity contribution in [1.82, 2.24) is 0 Å². The molecule has 0 spiro atoms. The maximum absolute atomic E-state index is 11.0. The van der Waals surface area contributed by atoms with Crippen LogP contribution in [0.4, 0.5) is 0 Å². The second kappa shape index (κ2) is 18.5. The Morgan fingerprint density at radius 2 is 0.982 bits per heavy atom. The lowest BCUT2D eigenvalue weighted by molar-refractivity contribution is -0.0961. The van der Waals surface area contributed by atoms with Crippen LogP contribution in [0.1, 0.15) is 134 Å². The van der Waals surface area contributed by atoms with E-state index in [4.69, 9.17) is 23.7 Å². The first kappa shape index (κ1) is 42.9. The second-order valence-corrected chi connectivity index (χ2v) is 17.5. The summed E-state index contributed by atoms with van der Waals surface area (Å²) in [7, 11) is 0. The van der Waals surface area contributed by atoms with Gasteiger partial charge in [-0.1, -0.05) is 135 Å². The molecule has 3 unspecified atom stereocenters. The first-order chi connectivity index (χ1) is 27.4. The minimum Gasteiger partial charge on any atom is -0.493 e. The van der Waals surface area contributed by atoms with E-state index in [9.17, 15) is 5.11 Å². The number of hydrogen-bond acceptors (Lipinski definition) is 6. The average Bonchev–Trinajstić information content (AvgIpc) is 4.19. The number of rotatable bonds is 23. The Bertz CT molecular complexity index is 1820. The smallest absolute Gasteiger partial charge is 0.119 e. The molecule has 1 saturated carbocycles. The predicted octanol–water partition coefficient (Wildman–Crippen LogP) is 11.4. The average molecular weight is 777 g/mol. The zero-order valence-electron chi connectivity index (χ0n) is 35.9. The molecule has 4 aromatic rings. The van der Waals surface area contributed by atoms with Crippen LogP contribution in [0.15, 0.2) is 97.1 Å². The number of epoxide rings is 1. The molecule has 0 amide bonds. The Hall–Kier alpha value is -3.68. The van der Waals surface area contributed by atoms with Crippen LogP contribution in [0.25, 0.3) is 0 Å². The minimum absolute atomic E-state index is 0.150. The number of ether oxygens (including phenoxy) is 5. The van der Waals surface area contributed by atoms with Gasteiger partial charge in [0.1, 0.15) is 30.3 Å². The maximum atomic E-state index is 11.0. The van der Waals surface area contributed by atoms with Crippen molar-refractivity contribution in [3.8, 4) is 11.5 Å². The van der Waals surface area contributed by atoms with Crippen molar-refractivity contribution in [3.63, 3.8) is 0 Å². The lowest BCUT2D eigenvalue weighted by Crippen LogP contribution is -2.34. The van der Waals surface area contributed by atoms with Gasteiger partial charge in [-0.05, 0) is 102 Å². The highest BCUT2D eigenvalue weighted by molar-refractivity contribution is 5.43. The van der Waals surface area contributed by atoms with Crippen LogP contribution in [0.2, 0.25) is 0 Å². The van der Waals surface area contributed by atoms with Crippen molar-refractivity contribution in [2.45, 2.75) is 135 Å². The first-order valence-corrected chi connectivity index (χ1v) is 21.6. The molecule has 3 atom stereocenters. The van der Waals surface area contributed by atoms with Crippen LogP contribution in [-0.4, -0.2) is 50.3 Å². The fourth-order valence-corrected chi connectivity index (χ4v) is 8.19. The van der Waals surface area contributed by atoms with Crippen molar-refractivity contribution in [1.29, 1.82) is 0 Å². The monoisotopic (exact) mass is 777 g/mol. The van der Waals surface area contributed by atoms with E-state index in [2.05, 4.69) is 140 Å². The summed E-state index contributed by atoms with van der Waals surface area (Å²) in [6.07, 6.45) is 6.62. The standard InChI is InChI=1S/C51H68O6/c1-9-31-51(12-4,57-36-47-35-55-47)43-21-17-39(18-22-43)49(7,8)41-25-29-46(30-26-41)54-33-44(52)34-56-50(10-2,11-3)42-19-15-38(16-20-42)48(5,6)40-23-27-45(28-24-40)53-32-37-13-14-37/h15-30,37,44,47,52H,9-14,31-36H2,1-8H3. The summed E-state index contributed by atoms with van der Waals surface area (Å²) >= 11 is 0. The summed E-state index contributed by atoms with van der Waals surface area (Å²) in [5.74, 6) is 2.41. The molecule has 2 aliphatic rings. The summed E-state index contributed by atoms with van der Waals surface area (Å²) in [6, 6.07) is 34.7. The molecule has 0 radical (unpaired) electrons. The Morgan fingerprint density at radius 3 is 1.40 bits per heavy atom. The highest BCUT2D eigenvalue weighted by atomic mass is 16.6. The Kier molecular flexibility index (Phi) is 13.9. The van der Waals surface area contributed by atoms with Crippen molar-refractivity contribution >= 4 is 0 Å². The van der Waals surface area contributed by atoms with Crippen molar-refractivity contribution in [2.24, 2.45) is 5.92 Å². The van der Waals surface area contributed by atoms with Gasteiger partial charge >= 0.3 is 0 Å². The topological polar surface area (TPSA) is 69.7 Å². The fraction of sp³-hybridized carbons (Fsp3) is 0.529. The molecule has 0 aromatic heterocycles. The van der Waals surface area contributed by atoms with E-state index in [-0.39, 0.29) is 35.7 Å². The molecule has 2 fully saturated rings. The molecule has 4 aromatic carbocycles. The zero-order chi connectivity index (χ0) is 40.7. The fourth-order valence-electron chi connectivity index (χ4n) is 8.19.